The van der Waals surface area contributed by atoms with Gasteiger partial charge in [0.2, 0.25) is 0 Å². The quantitative estimate of drug-likeness (QED) is 0.813. The van der Waals surface area contributed by atoms with E-state index in [9.17, 15) is 4.79 Å². The van der Waals surface area contributed by atoms with Crippen molar-refractivity contribution < 1.29 is 9.53 Å². The molecule has 1 aromatic heterocycles. The molecule has 0 radical (unpaired) electrons. The molecule has 0 atom stereocenters. The second-order valence-electron chi connectivity index (χ2n) is 6.08. The number of hydrogen-bond donors (Lipinski definition) is 2. The first kappa shape index (κ1) is 22.2. The molecule has 2 aromatic rings. The van der Waals surface area contributed by atoms with Crippen molar-refractivity contribution in [1.82, 2.24) is 15.6 Å². The minimum Gasteiger partial charge on any atom is -0.484 e. The minimum atomic E-state index is -0.121. The Kier molecular flexibility index (Phi) is 8.85. The van der Waals surface area contributed by atoms with E-state index in [1.165, 1.54) is 11.1 Å². The summed E-state index contributed by atoms with van der Waals surface area (Å²) in [5.41, 5.74) is 5.69. The highest BCUT2D eigenvalue weighted by molar-refractivity contribution is 5.85. The van der Waals surface area contributed by atoms with Crippen molar-refractivity contribution in [3.8, 4) is 5.75 Å². The highest BCUT2D eigenvalue weighted by atomic mass is 35.5. The predicted octanol–water partition coefficient (Wildman–Crippen LogP) is 2.88. The number of pyridine rings is 1. The van der Waals surface area contributed by atoms with Crippen molar-refractivity contribution in [1.29, 1.82) is 0 Å². The molecule has 0 bridgehead atoms. The molecule has 1 aliphatic heterocycles. The summed E-state index contributed by atoms with van der Waals surface area (Å²) >= 11 is 0. The topological polar surface area (TPSA) is 63.2 Å². The Morgan fingerprint density at radius 1 is 1.27 bits per heavy atom. The number of aryl methyl sites for hydroxylation is 2. The van der Waals surface area contributed by atoms with Gasteiger partial charge in [0.15, 0.2) is 6.61 Å². The third-order valence-electron chi connectivity index (χ3n) is 4.38. The Hall–Kier alpha value is -1.82. The number of aromatic nitrogens is 1. The Balaban J connectivity index is 0.00000169. The van der Waals surface area contributed by atoms with E-state index in [0.717, 1.165) is 42.1 Å². The lowest BCUT2D eigenvalue weighted by atomic mass is 9.96. The van der Waals surface area contributed by atoms with Crippen LogP contribution in [-0.4, -0.2) is 24.0 Å². The SMILES string of the molecule is Cc1ccccc1OCC(=O)NCc1c(C)ncc2c1CCNC2.Cl.Cl. The molecular formula is C19H25Cl2N3O2. The second kappa shape index (κ2) is 10.4. The summed E-state index contributed by atoms with van der Waals surface area (Å²) in [7, 11) is 0. The van der Waals surface area contributed by atoms with Crippen LogP contribution in [-0.2, 0) is 24.3 Å². The molecular weight excluding hydrogens is 373 g/mol. The molecule has 0 saturated carbocycles. The fourth-order valence-electron chi connectivity index (χ4n) is 2.98. The average molecular weight is 398 g/mol. The van der Waals surface area contributed by atoms with Crippen molar-refractivity contribution in [2.24, 2.45) is 0 Å². The van der Waals surface area contributed by atoms with Crippen molar-refractivity contribution in [2.75, 3.05) is 13.2 Å². The predicted molar refractivity (Wildman–Crippen MR) is 107 cm³/mol. The van der Waals surface area contributed by atoms with Crippen LogP contribution >= 0.6 is 24.8 Å². The number of fused-ring (bicyclic) bond motifs is 1. The normalized spacial score (nSPS) is 12.2. The van der Waals surface area contributed by atoms with Gasteiger partial charge in [-0.25, -0.2) is 0 Å². The lowest BCUT2D eigenvalue weighted by molar-refractivity contribution is -0.123. The van der Waals surface area contributed by atoms with Crippen LogP contribution in [0.15, 0.2) is 30.5 Å². The van der Waals surface area contributed by atoms with Gasteiger partial charge in [0.1, 0.15) is 5.75 Å². The number of nitrogens with one attached hydrogen (secondary N) is 2. The number of ether oxygens (including phenoxy) is 1. The van der Waals surface area contributed by atoms with Gasteiger partial charge < -0.3 is 15.4 Å². The highest BCUT2D eigenvalue weighted by Crippen LogP contribution is 2.20. The summed E-state index contributed by atoms with van der Waals surface area (Å²) in [5, 5.41) is 6.30. The maximum Gasteiger partial charge on any atom is 0.258 e. The van der Waals surface area contributed by atoms with Crippen molar-refractivity contribution in [3.63, 3.8) is 0 Å². The Morgan fingerprint density at radius 2 is 2.04 bits per heavy atom. The van der Waals surface area contributed by atoms with E-state index in [-0.39, 0.29) is 37.3 Å². The molecule has 0 unspecified atom stereocenters. The molecule has 3 rings (SSSR count). The van der Waals surface area contributed by atoms with Gasteiger partial charge in [0.25, 0.3) is 5.91 Å². The molecule has 5 nitrogen and oxygen atoms in total. The van der Waals surface area contributed by atoms with E-state index in [2.05, 4.69) is 15.6 Å². The van der Waals surface area contributed by atoms with Gasteiger partial charge in [0, 0.05) is 25.0 Å². The van der Waals surface area contributed by atoms with E-state index in [0.29, 0.717) is 6.54 Å². The van der Waals surface area contributed by atoms with Crippen LogP contribution in [0.3, 0.4) is 0 Å². The molecule has 1 amide bonds. The van der Waals surface area contributed by atoms with Crippen LogP contribution in [0.25, 0.3) is 0 Å². The zero-order chi connectivity index (χ0) is 16.9. The number of nitrogens with zero attached hydrogens (tertiary/aromatic N) is 1. The van der Waals surface area contributed by atoms with Gasteiger partial charge in [-0.05, 0) is 55.1 Å². The first-order chi connectivity index (χ1) is 11.6. The van der Waals surface area contributed by atoms with Crippen molar-refractivity contribution in [3.05, 3.63) is 58.4 Å². The van der Waals surface area contributed by atoms with Crippen molar-refractivity contribution in [2.45, 2.75) is 33.4 Å². The fourth-order valence-corrected chi connectivity index (χ4v) is 2.98. The van der Waals surface area contributed by atoms with Crippen LogP contribution in [0.2, 0.25) is 0 Å². The molecule has 26 heavy (non-hydrogen) atoms. The van der Waals surface area contributed by atoms with Crippen LogP contribution < -0.4 is 15.4 Å². The van der Waals surface area contributed by atoms with Crippen LogP contribution in [0.5, 0.6) is 5.75 Å². The van der Waals surface area contributed by atoms with E-state index in [1.807, 2.05) is 44.3 Å². The van der Waals surface area contributed by atoms with E-state index < -0.39 is 0 Å². The van der Waals surface area contributed by atoms with Crippen LogP contribution in [0, 0.1) is 13.8 Å². The van der Waals surface area contributed by atoms with Gasteiger partial charge in [-0.3, -0.25) is 9.78 Å². The second-order valence-corrected chi connectivity index (χ2v) is 6.08. The summed E-state index contributed by atoms with van der Waals surface area (Å²) in [5.74, 6) is 0.623. The molecule has 0 spiro atoms. The molecule has 7 heteroatoms. The van der Waals surface area contributed by atoms with E-state index in [1.54, 1.807) is 0 Å². The Bertz CT molecular complexity index is 754. The van der Waals surface area contributed by atoms with E-state index in [4.69, 9.17) is 4.74 Å². The lowest BCUT2D eigenvalue weighted by Gasteiger charge is -2.21. The highest BCUT2D eigenvalue weighted by Gasteiger charge is 2.16. The van der Waals surface area contributed by atoms with Gasteiger partial charge >= 0.3 is 0 Å². The number of rotatable bonds is 5. The molecule has 2 heterocycles. The molecule has 0 aliphatic carbocycles. The first-order valence-electron chi connectivity index (χ1n) is 8.27. The van der Waals surface area contributed by atoms with Gasteiger partial charge in [0.05, 0.1) is 0 Å². The monoisotopic (exact) mass is 397 g/mol. The molecule has 0 saturated heterocycles. The van der Waals surface area contributed by atoms with Crippen LogP contribution in [0.1, 0.15) is 27.9 Å². The smallest absolute Gasteiger partial charge is 0.258 e. The van der Waals surface area contributed by atoms with Gasteiger partial charge in [-0.1, -0.05) is 18.2 Å². The number of carbonyl (C=O) groups excluding carboxylic acids is 1. The fraction of sp³-hybridized carbons (Fsp3) is 0.368. The molecule has 1 aromatic carbocycles. The Morgan fingerprint density at radius 3 is 2.81 bits per heavy atom. The maximum atomic E-state index is 12.1. The standard InChI is InChI=1S/C19H23N3O2.2ClH/c1-13-5-3-4-6-18(13)24-12-19(23)22-11-17-14(2)21-10-15-9-20-8-7-16(15)17;;/h3-6,10,20H,7-9,11-12H2,1-2H3,(H,22,23);2*1H. The summed E-state index contributed by atoms with van der Waals surface area (Å²) in [6, 6.07) is 7.69. The summed E-state index contributed by atoms with van der Waals surface area (Å²) < 4.78 is 5.59. The zero-order valence-corrected chi connectivity index (χ0v) is 16.6. The van der Waals surface area contributed by atoms with Crippen molar-refractivity contribution >= 4 is 30.7 Å². The summed E-state index contributed by atoms with van der Waals surface area (Å²) in [6.45, 7) is 6.29. The zero-order valence-electron chi connectivity index (χ0n) is 15.0. The third-order valence-corrected chi connectivity index (χ3v) is 4.38. The summed E-state index contributed by atoms with van der Waals surface area (Å²) in [6.07, 6.45) is 2.91. The first-order valence-corrected chi connectivity index (χ1v) is 8.27. The molecule has 1 aliphatic rings. The number of hydrogen-bond acceptors (Lipinski definition) is 4. The lowest BCUT2D eigenvalue weighted by Crippen LogP contribution is -2.31. The van der Waals surface area contributed by atoms with E-state index >= 15 is 0 Å². The summed E-state index contributed by atoms with van der Waals surface area (Å²) in [4.78, 5) is 16.6. The number of benzene rings is 1. The Labute approximate surface area is 166 Å². The number of halogens is 2. The average Bonchev–Trinajstić information content (AvgIpc) is 2.60. The molecule has 2 N–H and O–H groups in total. The van der Waals surface area contributed by atoms with Gasteiger partial charge in [-0.15, -0.1) is 24.8 Å². The largest absolute Gasteiger partial charge is 0.484 e. The van der Waals surface area contributed by atoms with Gasteiger partial charge in [-0.2, -0.15) is 0 Å². The molecule has 142 valence electrons. The van der Waals surface area contributed by atoms with Crippen LogP contribution in [0.4, 0.5) is 0 Å². The number of para-hydroxylation sites is 1. The number of amides is 1. The third kappa shape index (κ3) is 5.34. The molecule has 0 fully saturated rings. The number of carbonyl (C=O) groups is 1. The minimum absolute atomic E-state index is 0. The maximum absolute atomic E-state index is 12.1.